The average molecular weight is 340 g/mol. The summed E-state index contributed by atoms with van der Waals surface area (Å²) in [5, 5.41) is 3.35. The SMILES string of the molecule is NCC1(Cc2ccc(F)cc2)CCNCC1.c1ccc(C2CC2)cc1. The van der Waals surface area contributed by atoms with E-state index in [4.69, 9.17) is 5.73 Å². The Morgan fingerprint density at radius 2 is 1.60 bits per heavy atom. The van der Waals surface area contributed by atoms with Gasteiger partial charge in [-0.15, -0.1) is 0 Å². The fourth-order valence-electron chi connectivity index (χ4n) is 3.59. The van der Waals surface area contributed by atoms with E-state index in [0.29, 0.717) is 6.54 Å². The zero-order chi connectivity index (χ0) is 17.5. The van der Waals surface area contributed by atoms with Gasteiger partial charge in [-0.2, -0.15) is 0 Å². The zero-order valence-electron chi connectivity index (χ0n) is 14.9. The molecule has 1 saturated carbocycles. The minimum Gasteiger partial charge on any atom is -0.330 e. The van der Waals surface area contributed by atoms with E-state index in [9.17, 15) is 4.39 Å². The highest BCUT2D eigenvalue weighted by atomic mass is 19.1. The van der Waals surface area contributed by atoms with Crippen LogP contribution in [0.25, 0.3) is 0 Å². The van der Waals surface area contributed by atoms with Crippen molar-refractivity contribution in [2.75, 3.05) is 19.6 Å². The van der Waals surface area contributed by atoms with Crippen molar-refractivity contribution < 1.29 is 4.39 Å². The molecule has 1 aliphatic heterocycles. The number of halogens is 1. The summed E-state index contributed by atoms with van der Waals surface area (Å²) in [4.78, 5) is 0. The molecule has 2 nitrogen and oxygen atoms in total. The van der Waals surface area contributed by atoms with Gasteiger partial charge in [0.2, 0.25) is 0 Å². The standard InChI is InChI=1S/C13H19FN2.C9H10/c14-12-3-1-11(2-4-12)9-13(10-15)5-7-16-8-6-13;1-2-4-8(5-3-1)9-6-7-9/h1-4,16H,5-10,15H2;1-5,9H,6-7H2. The van der Waals surface area contributed by atoms with Crippen LogP contribution in [0.4, 0.5) is 4.39 Å². The van der Waals surface area contributed by atoms with Crippen LogP contribution < -0.4 is 11.1 Å². The van der Waals surface area contributed by atoms with Crippen LogP contribution in [0.1, 0.15) is 42.7 Å². The quantitative estimate of drug-likeness (QED) is 0.873. The highest BCUT2D eigenvalue weighted by Crippen LogP contribution is 2.39. The van der Waals surface area contributed by atoms with Gasteiger partial charge in [0.05, 0.1) is 0 Å². The summed E-state index contributed by atoms with van der Waals surface area (Å²) in [6, 6.07) is 17.5. The molecule has 2 fully saturated rings. The fraction of sp³-hybridized carbons (Fsp3) is 0.455. The van der Waals surface area contributed by atoms with Crippen molar-refractivity contribution in [3.05, 3.63) is 71.5 Å². The molecule has 2 aliphatic rings. The normalized spacial score (nSPS) is 19.0. The monoisotopic (exact) mass is 340 g/mol. The minimum atomic E-state index is -0.171. The van der Waals surface area contributed by atoms with E-state index < -0.39 is 0 Å². The van der Waals surface area contributed by atoms with Gasteiger partial charge in [-0.05, 0) is 86.3 Å². The van der Waals surface area contributed by atoms with Crippen molar-refractivity contribution >= 4 is 0 Å². The van der Waals surface area contributed by atoms with Gasteiger partial charge in [0, 0.05) is 0 Å². The molecule has 0 aromatic heterocycles. The van der Waals surface area contributed by atoms with E-state index in [2.05, 4.69) is 35.6 Å². The number of hydrogen-bond acceptors (Lipinski definition) is 2. The molecule has 0 bridgehead atoms. The van der Waals surface area contributed by atoms with Gasteiger partial charge in [-0.1, -0.05) is 42.5 Å². The second kappa shape index (κ2) is 8.59. The summed E-state index contributed by atoms with van der Waals surface area (Å²) < 4.78 is 12.8. The van der Waals surface area contributed by atoms with E-state index in [1.165, 1.54) is 36.1 Å². The van der Waals surface area contributed by atoms with Crippen LogP contribution in [0, 0.1) is 11.2 Å². The van der Waals surface area contributed by atoms with Crippen molar-refractivity contribution in [2.45, 2.75) is 38.0 Å². The van der Waals surface area contributed by atoms with Gasteiger partial charge >= 0.3 is 0 Å². The first-order chi connectivity index (χ1) is 12.2. The first-order valence-electron chi connectivity index (χ1n) is 9.41. The second-order valence-electron chi connectivity index (χ2n) is 7.44. The van der Waals surface area contributed by atoms with Gasteiger partial charge in [-0.25, -0.2) is 4.39 Å². The van der Waals surface area contributed by atoms with Crippen LogP contribution in [0.3, 0.4) is 0 Å². The molecule has 1 saturated heterocycles. The first-order valence-corrected chi connectivity index (χ1v) is 9.41. The molecule has 1 aliphatic carbocycles. The van der Waals surface area contributed by atoms with E-state index in [1.54, 1.807) is 0 Å². The molecule has 1 heterocycles. The summed E-state index contributed by atoms with van der Waals surface area (Å²) in [6.45, 7) is 2.79. The Hall–Kier alpha value is -1.71. The predicted molar refractivity (Wildman–Crippen MR) is 102 cm³/mol. The molecular weight excluding hydrogens is 311 g/mol. The van der Waals surface area contributed by atoms with Gasteiger partial charge in [-0.3, -0.25) is 0 Å². The van der Waals surface area contributed by atoms with Gasteiger partial charge in [0.15, 0.2) is 0 Å². The van der Waals surface area contributed by atoms with Crippen LogP contribution in [0.2, 0.25) is 0 Å². The second-order valence-corrected chi connectivity index (χ2v) is 7.44. The van der Waals surface area contributed by atoms with Crippen molar-refractivity contribution in [2.24, 2.45) is 11.1 Å². The Morgan fingerprint density at radius 3 is 2.16 bits per heavy atom. The number of piperidine rings is 1. The zero-order valence-corrected chi connectivity index (χ0v) is 14.9. The molecular formula is C22H29FN2. The Balaban J connectivity index is 0.000000170. The third-order valence-electron chi connectivity index (χ3n) is 5.44. The summed E-state index contributed by atoms with van der Waals surface area (Å²) in [6.07, 6.45) is 6.00. The van der Waals surface area contributed by atoms with E-state index in [-0.39, 0.29) is 11.2 Å². The number of hydrogen-bond donors (Lipinski definition) is 2. The average Bonchev–Trinajstić information content (AvgIpc) is 3.51. The van der Waals surface area contributed by atoms with Crippen molar-refractivity contribution in [3.63, 3.8) is 0 Å². The number of rotatable bonds is 4. The summed E-state index contributed by atoms with van der Waals surface area (Å²) in [7, 11) is 0. The molecule has 0 unspecified atom stereocenters. The maximum Gasteiger partial charge on any atom is 0.123 e. The Morgan fingerprint density at radius 1 is 0.960 bits per heavy atom. The Bertz CT molecular complexity index is 629. The van der Waals surface area contributed by atoms with Crippen molar-refractivity contribution in [1.29, 1.82) is 0 Å². The molecule has 4 rings (SSSR count). The van der Waals surface area contributed by atoms with Crippen LogP contribution >= 0.6 is 0 Å². The molecule has 0 radical (unpaired) electrons. The lowest BCUT2D eigenvalue weighted by Gasteiger charge is -2.36. The molecule has 0 amide bonds. The molecule has 134 valence electrons. The molecule has 2 aromatic rings. The lowest BCUT2D eigenvalue weighted by molar-refractivity contribution is 0.210. The molecule has 3 N–H and O–H groups in total. The maximum atomic E-state index is 12.8. The van der Waals surface area contributed by atoms with Gasteiger partial charge in [0.25, 0.3) is 0 Å². The van der Waals surface area contributed by atoms with Crippen molar-refractivity contribution in [3.8, 4) is 0 Å². The third kappa shape index (κ3) is 5.38. The van der Waals surface area contributed by atoms with E-state index in [0.717, 1.165) is 38.3 Å². The first kappa shape index (κ1) is 18.1. The van der Waals surface area contributed by atoms with Crippen LogP contribution in [-0.2, 0) is 6.42 Å². The number of nitrogens with one attached hydrogen (secondary N) is 1. The largest absolute Gasteiger partial charge is 0.330 e. The lowest BCUT2D eigenvalue weighted by Crippen LogP contribution is -2.43. The molecule has 0 spiro atoms. The number of benzene rings is 2. The highest BCUT2D eigenvalue weighted by Gasteiger charge is 2.30. The smallest absolute Gasteiger partial charge is 0.123 e. The van der Waals surface area contributed by atoms with Crippen LogP contribution in [0.5, 0.6) is 0 Å². The summed E-state index contributed by atoms with van der Waals surface area (Å²) >= 11 is 0. The highest BCUT2D eigenvalue weighted by molar-refractivity contribution is 5.23. The Kier molecular flexibility index (Phi) is 6.22. The van der Waals surface area contributed by atoms with Crippen LogP contribution in [0.15, 0.2) is 54.6 Å². The summed E-state index contributed by atoms with van der Waals surface area (Å²) in [5.41, 5.74) is 8.84. The van der Waals surface area contributed by atoms with E-state index >= 15 is 0 Å². The fourth-order valence-corrected chi connectivity index (χ4v) is 3.59. The van der Waals surface area contributed by atoms with Crippen molar-refractivity contribution in [1.82, 2.24) is 5.32 Å². The topological polar surface area (TPSA) is 38.0 Å². The maximum absolute atomic E-state index is 12.8. The summed E-state index contributed by atoms with van der Waals surface area (Å²) in [5.74, 6) is 0.738. The molecule has 2 aromatic carbocycles. The minimum absolute atomic E-state index is 0.171. The van der Waals surface area contributed by atoms with E-state index in [1.807, 2.05) is 12.1 Å². The van der Waals surface area contributed by atoms with Crippen LogP contribution in [-0.4, -0.2) is 19.6 Å². The van der Waals surface area contributed by atoms with Gasteiger partial charge in [0.1, 0.15) is 5.82 Å². The predicted octanol–water partition coefficient (Wildman–Crippen LogP) is 4.26. The molecule has 0 atom stereocenters. The molecule has 25 heavy (non-hydrogen) atoms. The lowest BCUT2D eigenvalue weighted by atomic mass is 9.74. The third-order valence-corrected chi connectivity index (χ3v) is 5.44. The molecule has 3 heteroatoms. The number of nitrogens with two attached hydrogens (primary N) is 1. The van der Waals surface area contributed by atoms with Gasteiger partial charge < -0.3 is 11.1 Å². The Labute approximate surface area is 150 Å².